The lowest BCUT2D eigenvalue weighted by molar-refractivity contribution is 0.520. The molecule has 0 saturated carbocycles. The minimum Gasteiger partial charge on any atom is -0.367 e. The number of hydrogen-bond acceptors (Lipinski definition) is 5. The van der Waals surface area contributed by atoms with E-state index < -0.39 is 0 Å². The Bertz CT molecular complexity index is 541. The zero-order chi connectivity index (χ0) is 15.6. The molecule has 5 heteroatoms. The first-order chi connectivity index (χ1) is 10.8. The molecule has 1 aliphatic rings. The van der Waals surface area contributed by atoms with E-state index in [-0.39, 0.29) is 0 Å². The molecule has 1 aromatic heterocycles. The van der Waals surface area contributed by atoms with Gasteiger partial charge in [0, 0.05) is 12.1 Å². The van der Waals surface area contributed by atoms with Crippen LogP contribution in [0.2, 0.25) is 0 Å². The third-order valence-corrected chi connectivity index (χ3v) is 3.44. The summed E-state index contributed by atoms with van der Waals surface area (Å²) in [5.74, 6) is 1.42. The van der Waals surface area contributed by atoms with Gasteiger partial charge < -0.3 is 10.6 Å². The lowest BCUT2D eigenvalue weighted by Crippen LogP contribution is -2.21. The molecule has 2 heterocycles. The van der Waals surface area contributed by atoms with Crippen molar-refractivity contribution in [2.75, 3.05) is 25.0 Å². The van der Waals surface area contributed by atoms with Crippen LogP contribution in [-0.4, -0.2) is 34.8 Å². The fraction of sp³-hybridized carbons (Fsp3) is 0.471. The Kier molecular flexibility index (Phi) is 6.77. The fourth-order valence-corrected chi connectivity index (χ4v) is 2.25. The van der Waals surface area contributed by atoms with Crippen molar-refractivity contribution in [3.63, 3.8) is 0 Å². The van der Waals surface area contributed by atoms with Gasteiger partial charge in [0.1, 0.15) is 0 Å². The molecule has 1 aromatic carbocycles. The predicted molar refractivity (Wildman–Crippen MR) is 90.9 cm³/mol. The lowest BCUT2D eigenvalue weighted by atomic mass is 10.2. The predicted octanol–water partition coefficient (Wildman–Crippen LogP) is 3.04. The molecule has 0 atom stereocenters. The van der Waals surface area contributed by atoms with Crippen molar-refractivity contribution < 1.29 is 0 Å². The van der Waals surface area contributed by atoms with Crippen molar-refractivity contribution in [1.82, 2.24) is 20.5 Å². The summed E-state index contributed by atoms with van der Waals surface area (Å²) in [5, 5.41) is 14.6. The van der Waals surface area contributed by atoms with E-state index >= 15 is 0 Å². The Labute approximate surface area is 132 Å². The molecular formula is C17H25N5. The molecule has 2 N–H and O–H groups in total. The highest BCUT2D eigenvalue weighted by Gasteiger charge is 2.05. The summed E-state index contributed by atoms with van der Waals surface area (Å²) in [7, 11) is 0. The van der Waals surface area contributed by atoms with Gasteiger partial charge in [0.25, 0.3) is 0 Å². The third kappa shape index (κ3) is 5.07. The Morgan fingerprint density at radius 1 is 1.05 bits per heavy atom. The minimum atomic E-state index is 0.666. The van der Waals surface area contributed by atoms with Gasteiger partial charge in [-0.2, -0.15) is 0 Å². The van der Waals surface area contributed by atoms with Gasteiger partial charge in [0.15, 0.2) is 11.6 Å². The van der Waals surface area contributed by atoms with Crippen LogP contribution in [0.25, 0.3) is 11.4 Å². The topological polar surface area (TPSA) is 62.7 Å². The molecule has 0 spiro atoms. The van der Waals surface area contributed by atoms with Crippen LogP contribution in [0.3, 0.4) is 0 Å². The van der Waals surface area contributed by atoms with Gasteiger partial charge in [-0.3, -0.25) is 0 Å². The molecule has 0 aliphatic carbocycles. The number of aromatic nitrogens is 3. The number of benzene rings is 1. The van der Waals surface area contributed by atoms with Crippen LogP contribution in [0.5, 0.6) is 0 Å². The van der Waals surface area contributed by atoms with Crippen LogP contribution in [0.1, 0.15) is 31.9 Å². The average Bonchev–Trinajstić information content (AvgIpc) is 2.60. The number of aryl methyl sites for hydroxylation is 1. The highest BCUT2D eigenvalue weighted by atomic mass is 15.2. The zero-order valence-corrected chi connectivity index (χ0v) is 13.5. The monoisotopic (exact) mass is 299 g/mol. The molecule has 1 fully saturated rings. The van der Waals surface area contributed by atoms with E-state index in [1.807, 2.05) is 44.2 Å². The maximum absolute atomic E-state index is 4.43. The SMILES string of the molecule is C1CCNCC1.CCNc1nnc(-c2ccccc2)nc1C. The number of nitrogens with one attached hydrogen (secondary N) is 2. The van der Waals surface area contributed by atoms with Crippen LogP contribution < -0.4 is 10.6 Å². The van der Waals surface area contributed by atoms with E-state index in [1.54, 1.807) is 0 Å². The van der Waals surface area contributed by atoms with Crippen LogP contribution >= 0.6 is 0 Å². The first kappa shape index (κ1) is 16.4. The van der Waals surface area contributed by atoms with Crippen molar-refractivity contribution in [3.05, 3.63) is 36.0 Å². The van der Waals surface area contributed by atoms with Crippen LogP contribution in [0.15, 0.2) is 30.3 Å². The highest BCUT2D eigenvalue weighted by molar-refractivity contribution is 5.55. The summed E-state index contributed by atoms with van der Waals surface area (Å²) < 4.78 is 0. The second-order valence-corrected chi connectivity index (χ2v) is 5.28. The number of anilines is 1. The maximum Gasteiger partial charge on any atom is 0.182 e. The maximum atomic E-state index is 4.43. The Morgan fingerprint density at radius 3 is 2.27 bits per heavy atom. The van der Waals surface area contributed by atoms with Crippen molar-refractivity contribution >= 4 is 5.82 Å². The summed E-state index contributed by atoms with van der Waals surface area (Å²) in [6.45, 7) is 7.27. The number of rotatable bonds is 3. The lowest BCUT2D eigenvalue weighted by Gasteiger charge is -2.08. The fourth-order valence-electron chi connectivity index (χ4n) is 2.25. The molecule has 1 saturated heterocycles. The standard InChI is InChI=1S/C12H14N4.C5H11N/c1-3-13-11-9(2)14-12(16-15-11)10-7-5-4-6-8-10;1-2-4-6-5-3-1/h4-8H,3H2,1-2H3,(H,13,15);6H,1-5H2. The Morgan fingerprint density at radius 2 is 1.77 bits per heavy atom. The summed E-state index contributed by atoms with van der Waals surface area (Å²) in [5.41, 5.74) is 1.86. The van der Waals surface area contributed by atoms with E-state index in [0.717, 1.165) is 23.6 Å². The normalized spacial score (nSPS) is 13.9. The molecule has 5 nitrogen and oxygen atoms in total. The van der Waals surface area contributed by atoms with Crippen molar-refractivity contribution in [2.45, 2.75) is 33.1 Å². The molecular weight excluding hydrogens is 274 g/mol. The van der Waals surface area contributed by atoms with Gasteiger partial charge in [-0.1, -0.05) is 36.8 Å². The molecule has 0 bridgehead atoms. The van der Waals surface area contributed by atoms with Crippen LogP contribution in [-0.2, 0) is 0 Å². The smallest absolute Gasteiger partial charge is 0.182 e. The van der Waals surface area contributed by atoms with E-state index in [9.17, 15) is 0 Å². The second kappa shape index (κ2) is 9.10. The van der Waals surface area contributed by atoms with Crippen LogP contribution in [0, 0.1) is 6.92 Å². The molecule has 22 heavy (non-hydrogen) atoms. The van der Waals surface area contributed by atoms with Crippen molar-refractivity contribution in [3.8, 4) is 11.4 Å². The second-order valence-electron chi connectivity index (χ2n) is 5.28. The highest BCUT2D eigenvalue weighted by Crippen LogP contribution is 2.15. The van der Waals surface area contributed by atoms with Crippen LogP contribution in [0.4, 0.5) is 5.82 Å². The summed E-state index contributed by atoms with van der Waals surface area (Å²) >= 11 is 0. The van der Waals surface area contributed by atoms with Gasteiger partial charge >= 0.3 is 0 Å². The molecule has 0 amide bonds. The minimum absolute atomic E-state index is 0.666. The molecule has 1 aliphatic heterocycles. The van der Waals surface area contributed by atoms with Gasteiger partial charge in [0.05, 0.1) is 5.69 Å². The van der Waals surface area contributed by atoms with Gasteiger partial charge in [-0.15, -0.1) is 10.2 Å². The van der Waals surface area contributed by atoms with Crippen molar-refractivity contribution in [1.29, 1.82) is 0 Å². The van der Waals surface area contributed by atoms with E-state index in [2.05, 4.69) is 25.8 Å². The molecule has 118 valence electrons. The number of nitrogens with zero attached hydrogens (tertiary/aromatic N) is 3. The molecule has 0 unspecified atom stereocenters. The largest absolute Gasteiger partial charge is 0.367 e. The first-order valence-corrected chi connectivity index (χ1v) is 8.02. The zero-order valence-electron chi connectivity index (χ0n) is 13.5. The number of hydrogen-bond donors (Lipinski definition) is 2. The number of piperidine rings is 1. The molecule has 0 radical (unpaired) electrons. The van der Waals surface area contributed by atoms with E-state index in [4.69, 9.17) is 0 Å². The molecule has 3 rings (SSSR count). The van der Waals surface area contributed by atoms with Crippen molar-refractivity contribution in [2.24, 2.45) is 0 Å². The first-order valence-electron chi connectivity index (χ1n) is 8.02. The van der Waals surface area contributed by atoms with Gasteiger partial charge in [0.2, 0.25) is 0 Å². The summed E-state index contributed by atoms with van der Waals surface area (Å²) in [6, 6.07) is 9.85. The van der Waals surface area contributed by atoms with E-state index in [1.165, 1.54) is 32.4 Å². The quantitative estimate of drug-likeness (QED) is 0.912. The summed E-state index contributed by atoms with van der Waals surface area (Å²) in [6.07, 6.45) is 4.22. The van der Waals surface area contributed by atoms with E-state index in [0.29, 0.717) is 5.82 Å². The Balaban J connectivity index is 0.000000246. The Hall–Kier alpha value is -2.01. The third-order valence-electron chi connectivity index (χ3n) is 3.44. The average molecular weight is 299 g/mol. The van der Waals surface area contributed by atoms with Gasteiger partial charge in [-0.25, -0.2) is 4.98 Å². The summed E-state index contributed by atoms with van der Waals surface area (Å²) in [4.78, 5) is 4.43. The van der Waals surface area contributed by atoms with Gasteiger partial charge in [-0.05, 0) is 39.8 Å². The molecule has 2 aromatic rings.